The summed E-state index contributed by atoms with van der Waals surface area (Å²) in [7, 11) is 0. The zero-order valence-electron chi connectivity index (χ0n) is 5.32. The quantitative estimate of drug-likeness (QED) is 0.452. The van der Waals surface area contributed by atoms with E-state index in [4.69, 9.17) is 0 Å². The molecule has 1 aromatic rings. The number of para-hydroxylation sites is 1. The zero-order valence-corrected chi connectivity index (χ0v) is 5.32. The summed E-state index contributed by atoms with van der Waals surface area (Å²) in [5.41, 5.74) is 0.856. The smallest absolute Gasteiger partial charge is 0.133 e. The highest BCUT2D eigenvalue weighted by Gasteiger charge is 1.95. The van der Waals surface area contributed by atoms with Gasteiger partial charge in [-0.25, -0.2) is 0 Å². The predicted molar refractivity (Wildman–Crippen MR) is 41.1 cm³/mol. The van der Waals surface area contributed by atoms with E-state index in [-0.39, 0.29) is 0 Å². The van der Waals surface area contributed by atoms with Gasteiger partial charge in [0, 0.05) is 0 Å². The van der Waals surface area contributed by atoms with Crippen LogP contribution in [0.1, 0.15) is 0 Å². The molecule has 0 N–H and O–H groups in total. The van der Waals surface area contributed by atoms with Crippen LogP contribution >= 0.6 is 0 Å². The lowest BCUT2D eigenvalue weighted by Gasteiger charge is -1.91. The van der Waals surface area contributed by atoms with Crippen molar-refractivity contribution in [3.63, 3.8) is 0 Å². The minimum atomic E-state index is 0.331. The first kappa shape index (κ1) is 6.61. The lowest BCUT2D eigenvalue weighted by Crippen LogP contribution is -1.63. The molecule has 0 heterocycles. The fourth-order valence-electron chi connectivity index (χ4n) is 0.675. The SMILES string of the molecule is C=Nc1ccccc1N=O. The van der Waals surface area contributed by atoms with E-state index in [1.165, 1.54) is 0 Å². The molecule has 0 aliphatic carbocycles. The summed E-state index contributed by atoms with van der Waals surface area (Å²) in [6.07, 6.45) is 0. The second-order valence-corrected chi connectivity index (χ2v) is 1.74. The van der Waals surface area contributed by atoms with Crippen LogP contribution in [0.25, 0.3) is 0 Å². The Balaban J connectivity index is 3.20. The van der Waals surface area contributed by atoms with Crippen molar-refractivity contribution >= 4 is 18.1 Å². The summed E-state index contributed by atoms with van der Waals surface area (Å²) < 4.78 is 0. The van der Waals surface area contributed by atoms with E-state index in [2.05, 4.69) is 16.9 Å². The molecule has 10 heavy (non-hydrogen) atoms. The van der Waals surface area contributed by atoms with E-state index >= 15 is 0 Å². The minimum Gasteiger partial charge on any atom is -0.262 e. The Bertz CT molecular complexity index is 231. The highest BCUT2D eigenvalue weighted by molar-refractivity contribution is 5.63. The van der Waals surface area contributed by atoms with Gasteiger partial charge < -0.3 is 0 Å². The normalized spacial score (nSPS) is 8.80. The summed E-state index contributed by atoms with van der Waals surface area (Å²) in [6.45, 7) is 3.29. The third-order valence-corrected chi connectivity index (χ3v) is 1.15. The van der Waals surface area contributed by atoms with Gasteiger partial charge in [-0.15, -0.1) is 4.91 Å². The van der Waals surface area contributed by atoms with Gasteiger partial charge in [-0.1, -0.05) is 12.1 Å². The fraction of sp³-hybridized carbons (Fsp3) is 0. The minimum absolute atomic E-state index is 0.331. The molecule has 0 saturated carbocycles. The molecule has 0 amide bonds. The molecular formula is C7H6N2O. The molecule has 3 heteroatoms. The average molecular weight is 134 g/mol. The van der Waals surface area contributed by atoms with Crippen LogP contribution in [-0.4, -0.2) is 6.72 Å². The standard InChI is InChI=1S/C7H6N2O/c1-8-6-4-2-3-5-7(6)9-10/h2-5H,1H2. The summed E-state index contributed by atoms with van der Waals surface area (Å²) in [5, 5.41) is 2.76. The molecule has 0 unspecified atom stereocenters. The van der Waals surface area contributed by atoms with Crippen molar-refractivity contribution in [1.29, 1.82) is 0 Å². The Labute approximate surface area is 58.4 Å². The third-order valence-electron chi connectivity index (χ3n) is 1.15. The van der Waals surface area contributed by atoms with Gasteiger partial charge in [0.05, 0.1) is 5.69 Å². The summed E-state index contributed by atoms with van der Waals surface area (Å²) >= 11 is 0. The number of nitroso groups, excluding NO2 is 1. The molecule has 0 aromatic heterocycles. The Kier molecular flexibility index (Phi) is 1.89. The van der Waals surface area contributed by atoms with Crippen molar-refractivity contribution in [2.75, 3.05) is 0 Å². The predicted octanol–water partition coefficient (Wildman–Crippen LogP) is 2.42. The van der Waals surface area contributed by atoms with E-state index in [1.807, 2.05) is 0 Å². The van der Waals surface area contributed by atoms with E-state index in [0.29, 0.717) is 11.4 Å². The monoisotopic (exact) mass is 134 g/mol. The van der Waals surface area contributed by atoms with Gasteiger partial charge >= 0.3 is 0 Å². The molecule has 0 spiro atoms. The van der Waals surface area contributed by atoms with Crippen molar-refractivity contribution in [3.05, 3.63) is 29.2 Å². The molecule has 0 aliphatic heterocycles. The second kappa shape index (κ2) is 2.87. The van der Waals surface area contributed by atoms with E-state index in [0.717, 1.165) is 0 Å². The van der Waals surface area contributed by atoms with Crippen LogP contribution < -0.4 is 0 Å². The molecule has 0 bridgehead atoms. The first-order valence-electron chi connectivity index (χ1n) is 2.77. The molecular weight excluding hydrogens is 128 g/mol. The second-order valence-electron chi connectivity index (χ2n) is 1.74. The molecule has 0 saturated heterocycles. The Morgan fingerprint density at radius 2 is 1.80 bits per heavy atom. The largest absolute Gasteiger partial charge is 0.262 e. The van der Waals surface area contributed by atoms with Gasteiger partial charge in [0.25, 0.3) is 0 Å². The highest BCUT2D eigenvalue weighted by Crippen LogP contribution is 2.25. The van der Waals surface area contributed by atoms with Crippen LogP contribution in [0.3, 0.4) is 0 Å². The Morgan fingerprint density at radius 1 is 1.20 bits per heavy atom. The molecule has 0 radical (unpaired) electrons. The van der Waals surface area contributed by atoms with Crippen molar-refractivity contribution in [3.8, 4) is 0 Å². The van der Waals surface area contributed by atoms with E-state index in [1.54, 1.807) is 24.3 Å². The van der Waals surface area contributed by atoms with Crippen LogP contribution in [0.5, 0.6) is 0 Å². The lowest BCUT2D eigenvalue weighted by atomic mass is 10.3. The van der Waals surface area contributed by atoms with Gasteiger partial charge in [-0.3, -0.25) is 4.99 Å². The first-order chi connectivity index (χ1) is 4.88. The van der Waals surface area contributed by atoms with E-state index < -0.39 is 0 Å². The molecule has 0 aliphatic rings. The number of aliphatic imine (C=N–C) groups is 1. The highest BCUT2D eigenvalue weighted by atomic mass is 16.3. The number of hydrogen-bond donors (Lipinski definition) is 0. The maximum absolute atomic E-state index is 10.0. The fourth-order valence-corrected chi connectivity index (χ4v) is 0.675. The van der Waals surface area contributed by atoms with Crippen LogP contribution in [0, 0.1) is 4.91 Å². The van der Waals surface area contributed by atoms with Gasteiger partial charge in [-0.05, 0) is 24.0 Å². The van der Waals surface area contributed by atoms with Crippen molar-refractivity contribution in [1.82, 2.24) is 0 Å². The topological polar surface area (TPSA) is 41.8 Å². The summed E-state index contributed by atoms with van der Waals surface area (Å²) in [4.78, 5) is 13.6. The molecule has 0 fully saturated rings. The number of benzene rings is 1. The number of nitrogens with zero attached hydrogens (tertiary/aromatic N) is 2. The maximum Gasteiger partial charge on any atom is 0.133 e. The van der Waals surface area contributed by atoms with Gasteiger partial charge in [-0.2, -0.15) is 0 Å². The van der Waals surface area contributed by atoms with Crippen LogP contribution in [-0.2, 0) is 0 Å². The van der Waals surface area contributed by atoms with Gasteiger partial charge in [0.1, 0.15) is 5.69 Å². The maximum atomic E-state index is 10.0. The molecule has 50 valence electrons. The first-order valence-corrected chi connectivity index (χ1v) is 2.77. The van der Waals surface area contributed by atoms with Crippen molar-refractivity contribution < 1.29 is 0 Å². The van der Waals surface area contributed by atoms with Gasteiger partial charge in [0.2, 0.25) is 0 Å². The molecule has 3 nitrogen and oxygen atoms in total. The summed E-state index contributed by atoms with van der Waals surface area (Å²) in [6, 6.07) is 6.78. The number of rotatable bonds is 2. The van der Waals surface area contributed by atoms with Crippen molar-refractivity contribution in [2.24, 2.45) is 10.2 Å². The van der Waals surface area contributed by atoms with Gasteiger partial charge in [0.15, 0.2) is 0 Å². The van der Waals surface area contributed by atoms with Crippen molar-refractivity contribution in [2.45, 2.75) is 0 Å². The third kappa shape index (κ3) is 1.07. The molecule has 1 rings (SSSR count). The molecule has 0 atom stereocenters. The van der Waals surface area contributed by atoms with Crippen LogP contribution in [0.4, 0.5) is 11.4 Å². The lowest BCUT2D eigenvalue weighted by molar-refractivity contribution is 1.45. The van der Waals surface area contributed by atoms with Crippen LogP contribution in [0.2, 0.25) is 0 Å². The number of hydrogen-bond acceptors (Lipinski definition) is 3. The van der Waals surface area contributed by atoms with Crippen LogP contribution in [0.15, 0.2) is 34.4 Å². The Hall–Kier alpha value is -1.51. The summed E-state index contributed by atoms with van der Waals surface area (Å²) in [5.74, 6) is 0. The average Bonchev–Trinajstić information content (AvgIpc) is 2.04. The Morgan fingerprint density at radius 3 is 2.20 bits per heavy atom. The molecule has 1 aromatic carbocycles. The van der Waals surface area contributed by atoms with E-state index in [9.17, 15) is 4.91 Å². The zero-order chi connectivity index (χ0) is 7.40.